The molecule has 1 fully saturated rings. The first-order valence-corrected chi connectivity index (χ1v) is 5.11. The van der Waals surface area contributed by atoms with E-state index in [1.807, 2.05) is 13.1 Å². The highest BCUT2D eigenvalue weighted by molar-refractivity contribution is 6.28. The predicted molar refractivity (Wildman–Crippen MR) is 52.9 cm³/mol. The lowest BCUT2D eigenvalue weighted by atomic mass is 9.79. The molecule has 0 amide bonds. The van der Waals surface area contributed by atoms with E-state index in [-0.39, 0.29) is 0 Å². The minimum atomic E-state index is 0.348. The average molecular weight is 200 g/mol. The van der Waals surface area contributed by atoms with Gasteiger partial charge in [-0.1, -0.05) is 6.42 Å². The van der Waals surface area contributed by atoms with Crippen molar-refractivity contribution >= 4 is 11.6 Å². The molecule has 0 aliphatic heterocycles. The first kappa shape index (κ1) is 9.10. The Balaban J connectivity index is 2.11. The zero-order chi connectivity index (χ0) is 9.26. The van der Waals surface area contributed by atoms with Gasteiger partial charge in [-0.05, 0) is 49.5 Å². The first-order valence-electron chi connectivity index (χ1n) is 4.74. The molecule has 13 heavy (non-hydrogen) atoms. The fourth-order valence-electron chi connectivity index (χ4n) is 1.88. The first-order chi connectivity index (χ1) is 6.31. The second-order valence-corrected chi connectivity index (χ2v) is 3.97. The van der Waals surface area contributed by atoms with E-state index in [2.05, 4.69) is 5.32 Å². The fourth-order valence-corrected chi connectivity index (χ4v) is 2.03. The van der Waals surface area contributed by atoms with Gasteiger partial charge in [0.1, 0.15) is 5.76 Å². The minimum absolute atomic E-state index is 0.348. The summed E-state index contributed by atoms with van der Waals surface area (Å²) < 4.78 is 5.40. The second-order valence-electron chi connectivity index (χ2n) is 3.60. The molecule has 0 aromatic carbocycles. The largest absolute Gasteiger partial charge is 0.448 e. The molecule has 3 heteroatoms. The quantitative estimate of drug-likeness (QED) is 0.810. The summed E-state index contributed by atoms with van der Waals surface area (Å²) in [6.45, 7) is 0. The summed E-state index contributed by atoms with van der Waals surface area (Å²) in [7, 11) is 1.97. The van der Waals surface area contributed by atoms with Crippen molar-refractivity contribution in [1.29, 1.82) is 0 Å². The van der Waals surface area contributed by atoms with Crippen molar-refractivity contribution in [2.75, 3.05) is 7.05 Å². The Hall–Kier alpha value is -0.470. The monoisotopic (exact) mass is 199 g/mol. The summed E-state index contributed by atoms with van der Waals surface area (Å²) in [5.74, 6) is 1.70. The minimum Gasteiger partial charge on any atom is -0.448 e. The van der Waals surface area contributed by atoms with Gasteiger partial charge in [-0.2, -0.15) is 0 Å². The number of halogens is 1. The Labute approximate surface area is 83.3 Å². The molecular formula is C10H14ClNO. The maximum absolute atomic E-state index is 5.73. The highest BCUT2D eigenvalue weighted by Gasteiger charge is 2.29. The summed E-state index contributed by atoms with van der Waals surface area (Å²) in [6.07, 6.45) is 3.94. The van der Waals surface area contributed by atoms with E-state index in [4.69, 9.17) is 16.0 Å². The summed E-state index contributed by atoms with van der Waals surface area (Å²) in [4.78, 5) is 0. The third-order valence-corrected chi connectivity index (χ3v) is 3.04. The normalized spacial score (nSPS) is 19.8. The lowest BCUT2D eigenvalue weighted by Crippen LogP contribution is -2.29. The van der Waals surface area contributed by atoms with E-state index < -0.39 is 0 Å². The van der Waals surface area contributed by atoms with Gasteiger partial charge in [-0.3, -0.25) is 0 Å². The molecule has 1 aromatic heterocycles. The van der Waals surface area contributed by atoms with Crippen LogP contribution in [-0.4, -0.2) is 7.05 Å². The molecule has 0 saturated heterocycles. The number of hydrogen-bond acceptors (Lipinski definition) is 2. The zero-order valence-electron chi connectivity index (χ0n) is 7.72. The van der Waals surface area contributed by atoms with Crippen LogP contribution >= 0.6 is 11.6 Å². The number of nitrogens with one attached hydrogen (secondary N) is 1. The molecule has 2 nitrogen and oxygen atoms in total. The van der Waals surface area contributed by atoms with Gasteiger partial charge >= 0.3 is 0 Å². The smallest absolute Gasteiger partial charge is 0.193 e. The lowest BCUT2D eigenvalue weighted by molar-refractivity contribution is 0.216. The SMILES string of the molecule is CNC(c1ccc(Cl)o1)C1CCC1. The van der Waals surface area contributed by atoms with Crippen LogP contribution in [0.1, 0.15) is 31.1 Å². The van der Waals surface area contributed by atoms with Gasteiger partial charge in [0, 0.05) is 0 Å². The van der Waals surface area contributed by atoms with Crippen molar-refractivity contribution in [2.45, 2.75) is 25.3 Å². The molecule has 1 N–H and O–H groups in total. The van der Waals surface area contributed by atoms with Crippen LogP contribution in [0.2, 0.25) is 5.22 Å². The summed E-state index contributed by atoms with van der Waals surface area (Å²) in [6, 6.07) is 4.11. The summed E-state index contributed by atoms with van der Waals surface area (Å²) >= 11 is 5.73. The van der Waals surface area contributed by atoms with Gasteiger partial charge in [0.05, 0.1) is 6.04 Å². The van der Waals surface area contributed by atoms with E-state index in [1.54, 1.807) is 6.07 Å². The topological polar surface area (TPSA) is 25.2 Å². The van der Waals surface area contributed by atoms with Gasteiger partial charge in [-0.25, -0.2) is 0 Å². The van der Waals surface area contributed by atoms with Crippen molar-refractivity contribution in [2.24, 2.45) is 5.92 Å². The van der Waals surface area contributed by atoms with Crippen LogP contribution in [0.3, 0.4) is 0 Å². The Morgan fingerprint density at radius 3 is 2.69 bits per heavy atom. The third-order valence-electron chi connectivity index (χ3n) is 2.83. The van der Waals surface area contributed by atoms with Crippen molar-refractivity contribution in [3.63, 3.8) is 0 Å². The lowest BCUT2D eigenvalue weighted by Gasteiger charge is -2.32. The van der Waals surface area contributed by atoms with Crippen LogP contribution in [0.5, 0.6) is 0 Å². The summed E-state index contributed by atoms with van der Waals surface area (Å²) in [5.41, 5.74) is 0. The molecule has 0 bridgehead atoms. The van der Waals surface area contributed by atoms with Crippen molar-refractivity contribution in [1.82, 2.24) is 5.32 Å². The molecule has 1 aliphatic rings. The van der Waals surface area contributed by atoms with Crippen molar-refractivity contribution in [3.8, 4) is 0 Å². The standard InChI is InChI=1S/C10H14ClNO/c1-12-10(7-3-2-4-7)8-5-6-9(11)13-8/h5-7,10,12H,2-4H2,1H3. The van der Waals surface area contributed by atoms with Gasteiger partial charge in [-0.15, -0.1) is 0 Å². The average Bonchev–Trinajstić information content (AvgIpc) is 2.43. The number of rotatable bonds is 3. The van der Waals surface area contributed by atoms with Crippen LogP contribution in [0, 0.1) is 5.92 Å². The predicted octanol–water partition coefficient (Wildman–Crippen LogP) is 2.99. The van der Waals surface area contributed by atoms with E-state index in [1.165, 1.54) is 19.3 Å². The van der Waals surface area contributed by atoms with E-state index in [0.717, 1.165) is 11.7 Å². The maximum atomic E-state index is 5.73. The molecule has 1 heterocycles. The molecule has 1 saturated carbocycles. The van der Waals surface area contributed by atoms with Crippen molar-refractivity contribution < 1.29 is 4.42 Å². The van der Waals surface area contributed by atoms with E-state index >= 15 is 0 Å². The molecule has 1 unspecified atom stereocenters. The Bertz CT molecular complexity index is 280. The van der Waals surface area contributed by atoms with Gasteiger partial charge in [0.15, 0.2) is 5.22 Å². The van der Waals surface area contributed by atoms with Crippen LogP contribution < -0.4 is 5.32 Å². The van der Waals surface area contributed by atoms with Gasteiger partial charge < -0.3 is 9.73 Å². The van der Waals surface area contributed by atoms with E-state index in [0.29, 0.717) is 11.3 Å². The summed E-state index contributed by atoms with van der Waals surface area (Å²) in [5, 5.41) is 3.76. The fraction of sp³-hybridized carbons (Fsp3) is 0.600. The molecule has 1 aromatic rings. The van der Waals surface area contributed by atoms with Gasteiger partial charge in [0.25, 0.3) is 0 Å². The van der Waals surface area contributed by atoms with Crippen LogP contribution in [0.25, 0.3) is 0 Å². The van der Waals surface area contributed by atoms with Crippen molar-refractivity contribution in [3.05, 3.63) is 23.1 Å². The maximum Gasteiger partial charge on any atom is 0.193 e. The van der Waals surface area contributed by atoms with E-state index in [9.17, 15) is 0 Å². The van der Waals surface area contributed by atoms with Crippen LogP contribution in [0.4, 0.5) is 0 Å². The molecular weight excluding hydrogens is 186 g/mol. The highest BCUT2D eigenvalue weighted by atomic mass is 35.5. The van der Waals surface area contributed by atoms with Gasteiger partial charge in [0.2, 0.25) is 0 Å². The molecule has 1 atom stereocenters. The Morgan fingerprint density at radius 1 is 1.54 bits per heavy atom. The molecule has 0 radical (unpaired) electrons. The highest BCUT2D eigenvalue weighted by Crippen LogP contribution is 2.38. The molecule has 0 spiro atoms. The Kier molecular flexibility index (Phi) is 2.61. The molecule has 72 valence electrons. The number of furan rings is 1. The molecule has 1 aliphatic carbocycles. The zero-order valence-corrected chi connectivity index (χ0v) is 8.47. The Morgan fingerprint density at radius 2 is 2.31 bits per heavy atom. The second kappa shape index (κ2) is 3.72. The number of hydrogen-bond donors (Lipinski definition) is 1. The van der Waals surface area contributed by atoms with Crippen LogP contribution in [0.15, 0.2) is 16.5 Å². The van der Waals surface area contributed by atoms with Crippen LogP contribution in [-0.2, 0) is 0 Å². The third kappa shape index (κ3) is 1.74. The molecule has 2 rings (SSSR count).